The van der Waals surface area contributed by atoms with E-state index in [0.29, 0.717) is 23.8 Å². The number of rotatable bonds is 11. The molecule has 0 saturated heterocycles. The van der Waals surface area contributed by atoms with Crippen molar-refractivity contribution in [2.24, 2.45) is 0 Å². The third-order valence-corrected chi connectivity index (χ3v) is 14.6. The number of nitrogens with one attached hydrogen (secondary N) is 3. The number of fused-ring (bicyclic) bond motifs is 19. The molecule has 5 aliphatic rings. The van der Waals surface area contributed by atoms with Crippen molar-refractivity contribution >= 4 is 81.6 Å². The number of nitrogens with zero attached hydrogens (tertiary/aromatic N) is 11. The van der Waals surface area contributed by atoms with E-state index in [1.54, 1.807) is 0 Å². The molecule has 2 aliphatic heterocycles. The zero-order valence-corrected chi connectivity index (χ0v) is 52.0. The van der Waals surface area contributed by atoms with E-state index in [9.17, 15) is 34.4 Å². The minimum Gasteiger partial charge on any atom is -0.747 e. The molecule has 0 spiro atoms. The first-order valence-electron chi connectivity index (χ1n) is 25.2. The standard InChI is InChI=1S/C32H28N8.C14H20N6O8S3.2C2H6.5CH4.Cu.2Na/c1-2-10-18-17(9-1)25-33-26(18)38-28-21-13-5-6-14-22(21)30(35-28)40-32-24-16-8-7-15-23(24)31(36-32)39-29-20-12-4-3-11-19(20)27(34-29)37-25;1-29(21,22)16-8-2-3-12-18-13(15-9-30(23,24)25)20-14(19-12)17-10-4-6-11(7-5-10)31(26,27)28;2*1-2;;;;;;;;/h1-2,9-10H,3-8,11-16H2;4-7,16H,2-3,8-9H2,1H3,(H,23,24,25)(H,26,27,28)(H2,15,17,18,19,20);2*1-2H3;5*1H4;;;/q-2;;;;;;;;;+2;2*+1/p-2. The summed E-state index contributed by atoms with van der Waals surface area (Å²) in [6.45, 7) is 8.11. The molecule has 83 heavy (non-hydrogen) atoms. The Balaban J connectivity index is 0.00000144. The minimum absolute atomic E-state index is 0. The van der Waals surface area contributed by atoms with Gasteiger partial charge < -0.3 is 49.6 Å². The maximum atomic E-state index is 11.1. The molecule has 8 bridgehead atoms. The summed E-state index contributed by atoms with van der Waals surface area (Å²) in [5.74, 6) is 1.79. The first kappa shape index (κ1) is 78.9. The van der Waals surface area contributed by atoms with E-state index in [1.807, 2.05) is 39.8 Å². The second-order valence-electron chi connectivity index (χ2n) is 17.7. The van der Waals surface area contributed by atoms with Crippen molar-refractivity contribution in [2.75, 3.05) is 29.3 Å². The summed E-state index contributed by atoms with van der Waals surface area (Å²) in [6.07, 6.45) is 14.2. The summed E-state index contributed by atoms with van der Waals surface area (Å²) in [5, 5.41) is 5.00. The Bertz CT molecular complexity index is 3530. The maximum absolute atomic E-state index is 11.1. The van der Waals surface area contributed by atoms with Crippen LogP contribution in [0.1, 0.15) is 162 Å². The van der Waals surface area contributed by atoms with Crippen LogP contribution in [0.3, 0.4) is 0 Å². The molecule has 28 heteroatoms. The van der Waals surface area contributed by atoms with Crippen molar-refractivity contribution in [3.05, 3.63) is 88.3 Å². The molecule has 6 heterocycles. The molecule has 11 rings (SSSR count). The fraction of sp³-hybridized carbons (Fsp3) is 0.473. The molecule has 0 unspecified atom stereocenters. The van der Waals surface area contributed by atoms with Crippen molar-refractivity contribution in [3.63, 3.8) is 0 Å². The van der Waals surface area contributed by atoms with E-state index in [1.165, 1.54) is 45.5 Å². The van der Waals surface area contributed by atoms with Gasteiger partial charge in [0.15, 0.2) is 0 Å². The quantitative estimate of drug-likeness (QED) is 0.0939. The second kappa shape index (κ2) is 34.9. The SMILES string of the molecule is C.C.C.C.C.CC.CC.CS(=O)(=O)NCCCc1nc(NCS(=O)(=O)[O-])nc(Nc2ccc(S(=O)(=O)[O-])cc2)n1.[Cu+2].[Na+].[Na+].c1ccc2c(c1)-c1nc-2nc2[n-]c(nc3nc(nc4[n-]c(n1)c1c4CCCC1)C1=C3CCCC1)c1c2CCCC1. The number of aryl methyl sites for hydroxylation is 5. The van der Waals surface area contributed by atoms with E-state index in [4.69, 9.17) is 39.9 Å². The van der Waals surface area contributed by atoms with Gasteiger partial charge in [0.05, 0.1) is 34.4 Å². The zero-order chi connectivity index (χ0) is 53.5. The van der Waals surface area contributed by atoms with Gasteiger partial charge in [0.25, 0.3) is 0 Å². The van der Waals surface area contributed by atoms with Crippen molar-refractivity contribution in [3.8, 4) is 22.8 Å². The van der Waals surface area contributed by atoms with Gasteiger partial charge in [0, 0.05) is 52.4 Å². The third kappa shape index (κ3) is 20.0. The van der Waals surface area contributed by atoms with Crippen LogP contribution in [-0.4, -0.2) is 97.9 Å². The first-order chi connectivity index (χ1) is 36.0. The number of allylic oxidation sites excluding steroid dienone is 2. The van der Waals surface area contributed by atoms with Gasteiger partial charge in [-0.05, 0) is 141 Å². The average molecular weight is 1270 g/mol. The fourth-order valence-electron chi connectivity index (χ4n) is 9.28. The Morgan fingerprint density at radius 2 is 0.916 bits per heavy atom. The van der Waals surface area contributed by atoms with Crippen LogP contribution in [0.25, 0.3) is 56.5 Å². The minimum atomic E-state index is -4.61. The van der Waals surface area contributed by atoms with Gasteiger partial charge in [-0.2, -0.15) is 15.0 Å². The first-order valence-corrected chi connectivity index (χ1v) is 30.1. The Morgan fingerprint density at radius 1 is 0.518 bits per heavy atom. The van der Waals surface area contributed by atoms with Gasteiger partial charge >= 0.3 is 76.2 Å². The van der Waals surface area contributed by atoms with Gasteiger partial charge in [-0.1, -0.05) is 89.1 Å². The zero-order valence-electron chi connectivity index (χ0n) is 44.6. The van der Waals surface area contributed by atoms with Crippen molar-refractivity contribution in [1.82, 2.24) is 59.5 Å². The maximum Gasteiger partial charge on any atom is 2.00 e. The molecule has 4 aromatic heterocycles. The largest absolute Gasteiger partial charge is 2.00 e. The summed E-state index contributed by atoms with van der Waals surface area (Å²) in [5.41, 5.74) is 12.6. The fourth-order valence-corrected chi connectivity index (χ4v) is 10.6. The van der Waals surface area contributed by atoms with Crippen LogP contribution in [0, 0.1) is 0 Å². The van der Waals surface area contributed by atoms with E-state index >= 15 is 0 Å². The molecule has 1 radical (unpaired) electrons. The van der Waals surface area contributed by atoms with Gasteiger partial charge in [0.1, 0.15) is 31.9 Å². The van der Waals surface area contributed by atoms with Crippen LogP contribution < -0.4 is 84.4 Å². The Labute approximate surface area is 546 Å². The van der Waals surface area contributed by atoms with Crippen molar-refractivity contribution in [2.45, 2.75) is 160 Å². The number of sulfonamides is 1. The molecule has 0 amide bonds. The predicted octanol–water partition coefficient (Wildman–Crippen LogP) is 3.88. The average Bonchev–Trinajstić information content (AvgIpc) is 4.34. The van der Waals surface area contributed by atoms with Crippen LogP contribution in [0.2, 0.25) is 0 Å². The monoisotopic (exact) mass is 1270 g/mol. The molecule has 0 atom stereocenters. The molecule has 3 aliphatic carbocycles. The third-order valence-electron chi connectivity index (χ3n) is 12.6. The Morgan fingerprint density at radius 3 is 1.33 bits per heavy atom. The van der Waals surface area contributed by atoms with Crippen molar-refractivity contribution in [1.29, 1.82) is 0 Å². The summed E-state index contributed by atoms with van der Waals surface area (Å²) in [6, 6.07) is 12.9. The molecule has 447 valence electrons. The number of anilines is 3. The molecular formula is C55H78CuN14Na2O8S3. The molecule has 2 aromatic carbocycles. The summed E-state index contributed by atoms with van der Waals surface area (Å²) < 4.78 is 90.0. The molecule has 3 N–H and O–H groups in total. The number of benzene rings is 2. The Kier molecular flexibility index (Phi) is 33.1. The second-order valence-corrected chi connectivity index (χ2v) is 22.3. The van der Waals surface area contributed by atoms with E-state index in [-0.39, 0.29) is 144 Å². The van der Waals surface area contributed by atoms with Crippen LogP contribution in [0.5, 0.6) is 0 Å². The van der Waals surface area contributed by atoms with E-state index in [0.717, 1.165) is 141 Å². The summed E-state index contributed by atoms with van der Waals surface area (Å²) in [4.78, 5) is 52.2. The number of hydrogen-bond acceptors (Lipinski definition) is 19. The normalized spacial score (nSPS) is 13.3. The molecule has 0 saturated carbocycles. The summed E-state index contributed by atoms with van der Waals surface area (Å²) >= 11 is 0. The van der Waals surface area contributed by atoms with E-state index in [2.05, 4.69) is 42.4 Å². The van der Waals surface area contributed by atoms with E-state index < -0.39 is 41.0 Å². The van der Waals surface area contributed by atoms with Crippen LogP contribution in [0.15, 0.2) is 53.4 Å². The van der Waals surface area contributed by atoms with Gasteiger partial charge in [-0.15, -0.1) is 0 Å². The van der Waals surface area contributed by atoms with Gasteiger partial charge in [-0.3, -0.25) is 0 Å². The molecule has 22 nitrogen and oxygen atoms in total. The molecular weight excluding hydrogens is 1190 g/mol. The van der Waals surface area contributed by atoms with Gasteiger partial charge in [0.2, 0.25) is 21.9 Å². The van der Waals surface area contributed by atoms with Crippen LogP contribution in [0.4, 0.5) is 17.6 Å². The predicted molar refractivity (Wildman–Crippen MR) is 316 cm³/mol. The summed E-state index contributed by atoms with van der Waals surface area (Å²) in [7, 11) is -12.6. The molecule has 0 fully saturated rings. The number of aromatic nitrogens is 11. The topological polar surface area (TPSA) is 329 Å². The van der Waals surface area contributed by atoms with Gasteiger partial charge in [-0.25, -0.2) is 39.9 Å². The smallest absolute Gasteiger partial charge is 0.747 e. The van der Waals surface area contributed by atoms with Crippen LogP contribution in [-0.2, 0) is 79.4 Å². The van der Waals surface area contributed by atoms with Crippen LogP contribution >= 0.6 is 0 Å². The number of hydrogen-bond donors (Lipinski definition) is 3. The Hall–Kier alpha value is -4.12. The van der Waals surface area contributed by atoms with Crippen molar-refractivity contribution < 1.29 is 111 Å². The molecule has 6 aromatic rings.